The van der Waals surface area contributed by atoms with Gasteiger partial charge in [0.1, 0.15) is 5.82 Å². The molecule has 0 aliphatic carbocycles. The molecule has 124 valence electrons. The number of aromatic nitrogens is 1. The van der Waals surface area contributed by atoms with E-state index in [-0.39, 0.29) is 23.4 Å². The highest BCUT2D eigenvalue weighted by molar-refractivity contribution is 5.99. The van der Waals surface area contributed by atoms with Crippen LogP contribution in [0.3, 0.4) is 0 Å². The third-order valence-corrected chi connectivity index (χ3v) is 4.45. The molecule has 0 N–H and O–H groups in total. The molecule has 1 aliphatic rings. The SMILES string of the molecule is Cc1ncccc1C(=O)N1CCC[C@H](C(=O)c2ccc(F)cc2)C1. The number of nitrogens with zero attached hydrogens (tertiary/aromatic N) is 2. The number of hydrogen-bond donors (Lipinski definition) is 0. The van der Waals surface area contributed by atoms with E-state index < -0.39 is 0 Å². The van der Waals surface area contributed by atoms with Gasteiger partial charge in [0.05, 0.1) is 5.56 Å². The largest absolute Gasteiger partial charge is 0.338 e. The van der Waals surface area contributed by atoms with Crippen LogP contribution in [-0.2, 0) is 0 Å². The summed E-state index contributed by atoms with van der Waals surface area (Å²) in [5, 5.41) is 0. The highest BCUT2D eigenvalue weighted by Crippen LogP contribution is 2.23. The molecule has 5 heteroatoms. The van der Waals surface area contributed by atoms with Gasteiger partial charge < -0.3 is 4.90 Å². The summed E-state index contributed by atoms with van der Waals surface area (Å²) in [6, 6.07) is 9.09. The Morgan fingerprint density at radius 3 is 2.67 bits per heavy atom. The summed E-state index contributed by atoms with van der Waals surface area (Å²) in [6.45, 7) is 2.84. The minimum Gasteiger partial charge on any atom is -0.338 e. The lowest BCUT2D eigenvalue weighted by atomic mass is 9.89. The van der Waals surface area contributed by atoms with Crippen LogP contribution in [0, 0.1) is 18.7 Å². The van der Waals surface area contributed by atoms with Crippen molar-refractivity contribution in [2.45, 2.75) is 19.8 Å². The molecule has 1 aromatic carbocycles. The summed E-state index contributed by atoms with van der Waals surface area (Å²) in [7, 11) is 0. The maximum atomic E-state index is 13.0. The monoisotopic (exact) mass is 326 g/mol. The third kappa shape index (κ3) is 3.35. The van der Waals surface area contributed by atoms with Crippen LogP contribution in [0.4, 0.5) is 4.39 Å². The quantitative estimate of drug-likeness (QED) is 0.814. The number of halogens is 1. The number of pyridine rings is 1. The van der Waals surface area contributed by atoms with E-state index in [1.165, 1.54) is 24.3 Å². The van der Waals surface area contributed by atoms with Crippen molar-refractivity contribution in [1.29, 1.82) is 0 Å². The average Bonchev–Trinajstić information content (AvgIpc) is 2.62. The van der Waals surface area contributed by atoms with Crippen LogP contribution in [0.2, 0.25) is 0 Å². The molecule has 0 unspecified atom stereocenters. The Hall–Kier alpha value is -2.56. The number of amides is 1. The Labute approximate surface area is 140 Å². The molecule has 0 saturated carbocycles. The van der Waals surface area contributed by atoms with Crippen LogP contribution in [0.1, 0.15) is 39.3 Å². The van der Waals surface area contributed by atoms with E-state index in [1.807, 2.05) is 0 Å². The minimum atomic E-state index is -0.362. The summed E-state index contributed by atoms with van der Waals surface area (Å²) in [6.07, 6.45) is 3.18. The maximum absolute atomic E-state index is 13.0. The summed E-state index contributed by atoms with van der Waals surface area (Å²) in [4.78, 5) is 31.2. The number of benzene rings is 1. The fourth-order valence-electron chi connectivity index (χ4n) is 3.11. The molecule has 0 bridgehead atoms. The van der Waals surface area contributed by atoms with Gasteiger partial charge in [-0.05, 0) is 56.2 Å². The molecule has 1 aliphatic heterocycles. The van der Waals surface area contributed by atoms with Crippen molar-refractivity contribution in [2.24, 2.45) is 5.92 Å². The first kappa shape index (κ1) is 16.3. The van der Waals surface area contributed by atoms with E-state index >= 15 is 0 Å². The van der Waals surface area contributed by atoms with E-state index in [0.29, 0.717) is 29.9 Å². The van der Waals surface area contributed by atoms with Gasteiger partial charge in [-0.2, -0.15) is 0 Å². The van der Waals surface area contributed by atoms with E-state index in [2.05, 4.69) is 4.98 Å². The second kappa shape index (κ2) is 6.91. The highest BCUT2D eigenvalue weighted by Gasteiger charge is 2.30. The van der Waals surface area contributed by atoms with Crippen molar-refractivity contribution < 1.29 is 14.0 Å². The number of likely N-dealkylation sites (tertiary alicyclic amines) is 1. The van der Waals surface area contributed by atoms with Crippen molar-refractivity contribution in [3.05, 3.63) is 65.2 Å². The van der Waals surface area contributed by atoms with Gasteiger partial charge in [-0.15, -0.1) is 0 Å². The summed E-state index contributed by atoms with van der Waals surface area (Å²) < 4.78 is 13.0. The van der Waals surface area contributed by atoms with E-state index in [4.69, 9.17) is 0 Å². The number of carbonyl (C=O) groups is 2. The van der Waals surface area contributed by atoms with Gasteiger partial charge in [-0.1, -0.05) is 0 Å². The Morgan fingerprint density at radius 2 is 1.96 bits per heavy atom. The average molecular weight is 326 g/mol. The van der Waals surface area contributed by atoms with Crippen molar-refractivity contribution >= 4 is 11.7 Å². The number of carbonyl (C=O) groups excluding carboxylic acids is 2. The van der Waals surface area contributed by atoms with Crippen LogP contribution in [0.5, 0.6) is 0 Å². The smallest absolute Gasteiger partial charge is 0.255 e. The van der Waals surface area contributed by atoms with Crippen molar-refractivity contribution in [2.75, 3.05) is 13.1 Å². The number of hydrogen-bond acceptors (Lipinski definition) is 3. The summed E-state index contributed by atoms with van der Waals surface area (Å²) in [5.41, 5.74) is 1.76. The number of ketones is 1. The molecule has 4 nitrogen and oxygen atoms in total. The predicted molar refractivity (Wildman–Crippen MR) is 88.3 cm³/mol. The van der Waals surface area contributed by atoms with E-state index in [0.717, 1.165) is 12.8 Å². The normalized spacial score (nSPS) is 17.6. The van der Waals surface area contributed by atoms with Crippen LogP contribution in [0.15, 0.2) is 42.6 Å². The number of Topliss-reactive ketones (excluding diaryl/α,β-unsaturated/α-hetero) is 1. The van der Waals surface area contributed by atoms with Crippen LogP contribution >= 0.6 is 0 Å². The zero-order chi connectivity index (χ0) is 17.1. The minimum absolute atomic E-state index is 0.0320. The van der Waals surface area contributed by atoms with Crippen molar-refractivity contribution in [3.8, 4) is 0 Å². The Morgan fingerprint density at radius 1 is 1.21 bits per heavy atom. The fraction of sp³-hybridized carbons (Fsp3) is 0.316. The highest BCUT2D eigenvalue weighted by atomic mass is 19.1. The van der Waals surface area contributed by atoms with Crippen LogP contribution in [0.25, 0.3) is 0 Å². The molecule has 3 rings (SSSR count). The Kier molecular flexibility index (Phi) is 4.69. The Balaban J connectivity index is 1.74. The second-order valence-corrected chi connectivity index (χ2v) is 6.10. The number of rotatable bonds is 3. The van der Waals surface area contributed by atoms with Crippen LogP contribution < -0.4 is 0 Å². The van der Waals surface area contributed by atoms with E-state index in [1.54, 1.807) is 30.2 Å². The lowest BCUT2D eigenvalue weighted by Gasteiger charge is -2.32. The molecule has 1 saturated heterocycles. The topological polar surface area (TPSA) is 50.3 Å². The van der Waals surface area contributed by atoms with Gasteiger partial charge in [0, 0.05) is 36.5 Å². The molecule has 24 heavy (non-hydrogen) atoms. The van der Waals surface area contributed by atoms with Gasteiger partial charge in [0.2, 0.25) is 0 Å². The standard InChI is InChI=1S/C19H19FN2O2/c1-13-17(5-2-10-21-13)19(24)22-11-3-4-15(12-22)18(23)14-6-8-16(20)9-7-14/h2,5-10,15H,3-4,11-12H2,1H3/t15-/m0/s1. The lowest BCUT2D eigenvalue weighted by molar-refractivity contribution is 0.0636. The molecule has 2 heterocycles. The fourth-order valence-corrected chi connectivity index (χ4v) is 3.11. The molecular formula is C19H19FN2O2. The predicted octanol–water partition coefficient (Wildman–Crippen LogP) is 3.26. The lowest BCUT2D eigenvalue weighted by Crippen LogP contribution is -2.42. The van der Waals surface area contributed by atoms with E-state index in [9.17, 15) is 14.0 Å². The Bertz CT molecular complexity index is 758. The molecule has 0 radical (unpaired) electrons. The second-order valence-electron chi connectivity index (χ2n) is 6.10. The molecule has 1 fully saturated rings. The first-order valence-electron chi connectivity index (χ1n) is 8.07. The van der Waals surface area contributed by atoms with Gasteiger partial charge in [-0.25, -0.2) is 4.39 Å². The van der Waals surface area contributed by atoms with Crippen molar-refractivity contribution in [3.63, 3.8) is 0 Å². The number of aryl methyl sites for hydroxylation is 1. The summed E-state index contributed by atoms with van der Waals surface area (Å²) in [5.74, 6) is -0.725. The molecule has 1 aromatic heterocycles. The molecule has 1 amide bonds. The first-order chi connectivity index (χ1) is 11.6. The molecule has 0 spiro atoms. The molecule has 1 atom stereocenters. The summed E-state index contributed by atoms with van der Waals surface area (Å²) >= 11 is 0. The molecular weight excluding hydrogens is 307 g/mol. The van der Waals surface area contributed by atoms with Gasteiger partial charge in [0.25, 0.3) is 5.91 Å². The van der Waals surface area contributed by atoms with Crippen molar-refractivity contribution in [1.82, 2.24) is 9.88 Å². The van der Waals surface area contributed by atoms with Gasteiger partial charge in [0.15, 0.2) is 5.78 Å². The zero-order valence-corrected chi connectivity index (χ0v) is 13.5. The van der Waals surface area contributed by atoms with Gasteiger partial charge >= 0.3 is 0 Å². The maximum Gasteiger partial charge on any atom is 0.255 e. The number of piperidine rings is 1. The third-order valence-electron chi connectivity index (χ3n) is 4.45. The van der Waals surface area contributed by atoms with Gasteiger partial charge in [-0.3, -0.25) is 14.6 Å². The van der Waals surface area contributed by atoms with Crippen LogP contribution in [-0.4, -0.2) is 34.7 Å². The zero-order valence-electron chi connectivity index (χ0n) is 13.5. The molecule has 2 aromatic rings. The first-order valence-corrected chi connectivity index (χ1v) is 8.07.